The predicted molar refractivity (Wildman–Crippen MR) is 120 cm³/mol. The van der Waals surface area contributed by atoms with Gasteiger partial charge in [-0.25, -0.2) is 0 Å². The molecule has 0 radical (unpaired) electrons. The summed E-state index contributed by atoms with van der Waals surface area (Å²) in [6.07, 6.45) is 2.46. The number of rotatable bonds is 6. The van der Waals surface area contributed by atoms with E-state index in [2.05, 4.69) is 11.4 Å². The molecule has 5 rings (SSSR count). The third kappa shape index (κ3) is 3.58. The molecular formula is C24H30N6O3. The van der Waals surface area contributed by atoms with Crippen molar-refractivity contribution >= 4 is 17.7 Å². The molecule has 174 valence electrons. The highest BCUT2D eigenvalue weighted by Crippen LogP contribution is 2.48. The van der Waals surface area contributed by atoms with Gasteiger partial charge in [0.05, 0.1) is 24.2 Å². The monoisotopic (exact) mass is 450 g/mol. The van der Waals surface area contributed by atoms with Crippen molar-refractivity contribution in [1.29, 1.82) is 5.26 Å². The van der Waals surface area contributed by atoms with E-state index in [1.165, 1.54) is 0 Å². The molecule has 9 heteroatoms. The second-order valence-corrected chi connectivity index (χ2v) is 9.78. The molecule has 0 spiro atoms. The van der Waals surface area contributed by atoms with Gasteiger partial charge >= 0.3 is 0 Å². The third-order valence-electron chi connectivity index (χ3n) is 7.87. The van der Waals surface area contributed by atoms with Crippen LogP contribution in [0.15, 0.2) is 24.3 Å². The quantitative estimate of drug-likeness (QED) is 0.640. The first-order chi connectivity index (χ1) is 15.8. The highest BCUT2D eigenvalue weighted by molar-refractivity contribution is 5.94. The summed E-state index contributed by atoms with van der Waals surface area (Å²) >= 11 is 0. The van der Waals surface area contributed by atoms with Crippen molar-refractivity contribution in [2.75, 3.05) is 20.1 Å². The molecule has 3 amide bonds. The lowest BCUT2D eigenvalue weighted by molar-refractivity contribution is -0.141. The Bertz CT molecular complexity index is 1020. The average molecular weight is 451 g/mol. The van der Waals surface area contributed by atoms with Crippen LogP contribution in [-0.4, -0.2) is 82.8 Å². The number of piperazine rings is 1. The minimum Gasteiger partial charge on any atom is -0.355 e. The van der Waals surface area contributed by atoms with Gasteiger partial charge in [0.15, 0.2) is 0 Å². The summed E-state index contributed by atoms with van der Waals surface area (Å²) in [7, 11) is 1.60. The molecule has 3 heterocycles. The standard InChI is InChI=1S/C24H30N6O3/c1-13(14-3-5-15(6-4-14)22(31)27-2)29-18-9-21(24(29)33)28(11-18)12-19(26)23(32)30-17(10-25)7-16-8-20(16)30/h3-6,13,16-21H,7-9,11-12,26H2,1-2H3,(H,27,31)/t13-,16-,17+,18-,19+,20?,21-/m1/s1. The highest BCUT2D eigenvalue weighted by atomic mass is 16.2. The number of likely N-dealkylation sites (tertiary alicyclic amines) is 3. The van der Waals surface area contributed by atoms with Gasteiger partial charge in [-0.3, -0.25) is 19.3 Å². The number of amides is 3. The van der Waals surface area contributed by atoms with Crippen molar-refractivity contribution in [3.8, 4) is 6.07 Å². The number of nitrogens with zero attached hydrogens (tertiary/aromatic N) is 4. The van der Waals surface area contributed by atoms with E-state index in [9.17, 15) is 19.6 Å². The van der Waals surface area contributed by atoms with Crippen LogP contribution in [0, 0.1) is 17.2 Å². The zero-order valence-electron chi connectivity index (χ0n) is 19.0. The summed E-state index contributed by atoms with van der Waals surface area (Å²) < 4.78 is 0. The summed E-state index contributed by atoms with van der Waals surface area (Å²) in [5.74, 6) is 0.213. The highest BCUT2D eigenvalue weighted by Gasteiger charge is 2.56. The van der Waals surface area contributed by atoms with Gasteiger partial charge in [0.2, 0.25) is 11.8 Å². The van der Waals surface area contributed by atoms with Gasteiger partial charge in [0.1, 0.15) is 6.04 Å². The second-order valence-electron chi connectivity index (χ2n) is 9.78. The number of carbonyl (C=O) groups is 3. The molecule has 3 aliphatic heterocycles. The fourth-order valence-electron chi connectivity index (χ4n) is 6.03. The molecule has 4 aliphatic rings. The molecule has 33 heavy (non-hydrogen) atoms. The largest absolute Gasteiger partial charge is 0.355 e. The number of fused-ring (bicyclic) bond motifs is 3. The number of piperidine rings is 1. The van der Waals surface area contributed by atoms with Gasteiger partial charge in [0.25, 0.3) is 5.91 Å². The number of carbonyl (C=O) groups excluding carboxylic acids is 3. The van der Waals surface area contributed by atoms with Crippen LogP contribution in [0.25, 0.3) is 0 Å². The maximum absolute atomic E-state index is 13.2. The molecule has 4 fully saturated rings. The van der Waals surface area contributed by atoms with Gasteiger partial charge < -0.3 is 20.9 Å². The van der Waals surface area contributed by atoms with Crippen molar-refractivity contribution in [2.24, 2.45) is 11.7 Å². The number of benzene rings is 1. The van der Waals surface area contributed by atoms with E-state index >= 15 is 0 Å². The normalized spacial score (nSPS) is 31.8. The van der Waals surface area contributed by atoms with E-state index in [1.54, 1.807) is 24.1 Å². The zero-order chi connectivity index (χ0) is 23.4. The molecule has 2 bridgehead atoms. The molecule has 3 saturated heterocycles. The van der Waals surface area contributed by atoms with Crippen LogP contribution in [0.1, 0.15) is 48.1 Å². The summed E-state index contributed by atoms with van der Waals surface area (Å²) in [6, 6.07) is 8.38. The van der Waals surface area contributed by atoms with Crippen molar-refractivity contribution in [3.63, 3.8) is 0 Å². The van der Waals surface area contributed by atoms with Crippen LogP contribution < -0.4 is 11.1 Å². The van der Waals surface area contributed by atoms with Crippen LogP contribution >= 0.6 is 0 Å². The lowest BCUT2D eigenvalue weighted by atomic mass is 10.0. The summed E-state index contributed by atoms with van der Waals surface area (Å²) in [6.45, 7) is 3.03. The van der Waals surface area contributed by atoms with Crippen molar-refractivity contribution in [1.82, 2.24) is 20.0 Å². The van der Waals surface area contributed by atoms with Gasteiger partial charge in [-0.05, 0) is 49.8 Å². The van der Waals surface area contributed by atoms with Gasteiger partial charge in [-0.2, -0.15) is 5.26 Å². The number of nitriles is 1. The predicted octanol–water partition coefficient (Wildman–Crippen LogP) is 0.233. The molecular weight excluding hydrogens is 420 g/mol. The van der Waals surface area contributed by atoms with Crippen LogP contribution in [0.4, 0.5) is 0 Å². The molecule has 1 aromatic carbocycles. The van der Waals surface area contributed by atoms with Crippen LogP contribution in [0.5, 0.6) is 0 Å². The Morgan fingerprint density at radius 1 is 1.24 bits per heavy atom. The molecule has 1 unspecified atom stereocenters. The second kappa shape index (κ2) is 8.12. The molecule has 1 saturated carbocycles. The minimum absolute atomic E-state index is 0.0621. The summed E-state index contributed by atoms with van der Waals surface area (Å²) in [5.41, 5.74) is 7.86. The Balaban J connectivity index is 1.21. The molecule has 0 aromatic heterocycles. The first-order valence-electron chi connectivity index (χ1n) is 11.7. The third-order valence-corrected chi connectivity index (χ3v) is 7.87. The van der Waals surface area contributed by atoms with Gasteiger partial charge in [-0.15, -0.1) is 0 Å². The van der Waals surface area contributed by atoms with Crippen LogP contribution in [0.3, 0.4) is 0 Å². The van der Waals surface area contributed by atoms with E-state index in [4.69, 9.17) is 5.73 Å². The maximum atomic E-state index is 13.2. The first-order valence-corrected chi connectivity index (χ1v) is 11.7. The number of hydrogen-bond donors (Lipinski definition) is 2. The summed E-state index contributed by atoms with van der Waals surface area (Å²) in [4.78, 5) is 43.7. The zero-order valence-corrected chi connectivity index (χ0v) is 19.0. The minimum atomic E-state index is -0.726. The Morgan fingerprint density at radius 2 is 1.97 bits per heavy atom. The van der Waals surface area contributed by atoms with E-state index < -0.39 is 6.04 Å². The molecule has 7 atom stereocenters. The first kappa shape index (κ1) is 21.9. The fraction of sp³-hybridized carbons (Fsp3) is 0.583. The molecule has 3 N–H and O–H groups in total. The maximum Gasteiger partial charge on any atom is 0.251 e. The number of hydrogen-bond acceptors (Lipinski definition) is 6. The lowest BCUT2D eigenvalue weighted by Crippen LogP contribution is -2.57. The van der Waals surface area contributed by atoms with E-state index in [-0.39, 0.29) is 47.9 Å². The molecule has 1 aliphatic carbocycles. The average Bonchev–Trinajstić information content (AvgIpc) is 3.15. The van der Waals surface area contributed by atoms with Crippen LogP contribution in [0.2, 0.25) is 0 Å². The Hall–Kier alpha value is -2.96. The Kier molecular flexibility index (Phi) is 5.38. The lowest BCUT2D eigenvalue weighted by Gasteiger charge is -2.38. The van der Waals surface area contributed by atoms with Gasteiger partial charge in [0, 0.05) is 37.8 Å². The Morgan fingerprint density at radius 3 is 2.61 bits per heavy atom. The van der Waals surface area contributed by atoms with E-state index in [1.807, 2.05) is 28.9 Å². The number of nitrogens with two attached hydrogens (primary N) is 1. The van der Waals surface area contributed by atoms with Crippen LogP contribution in [-0.2, 0) is 9.59 Å². The fourth-order valence-corrected chi connectivity index (χ4v) is 6.03. The van der Waals surface area contributed by atoms with Crippen molar-refractivity contribution in [2.45, 2.75) is 62.4 Å². The molecule has 1 aromatic rings. The number of nitrogens with one attached hydrogen (secondary N) is 1. The Labute approximate surface area is 193 Å². The van der Waals surface area contributed by atoms with Gasteiger partial charge in [-0.1, -0.05) is 12.1 Å². The van der Waals surface area contributed by atoms with Crippen molar-refractivity contribution < 1.29 is 14.4 Å². The summed E-state index contributed by atoms with van der Waals surface area (Å²) in [5, 5.41) is 12.0. The smallest absolute Gasteiger partial charge is 0.251 e. The topological polar surface area (TPSA) is 123 Å². The van der Waals surface area contributed by atoms with Crippen molar-refractivity contribution in [3.05, 3.63) is 35.4 Å². The van der Waals surface area contributed by atoms with E-state index in [0.717, 1.165) is 24.8 Å². The SMILES string of the molecule is CNC(=O)c1ccc([C@@H](C)N2C(=O)[C@H]3C[C@@H]2CN3C[C@H](N)C(=O)N2C3C[C@H]3C[C@H]2C#N)cc1. The van der Waals surface area contributed by atoms with E-state index in [0.29, 0.717) is 24.6 Å². The molecule has 9 nitrogen and oxygen atoms in total.